The first-order chi connectivity index (χ1) is 7.97. The van der Waals surface area contributed by atoms with Crippen LogP contribution in [0.15, 0.2) is 18.3 Å². The number of amides is 2. The number of pyridine rings is 1. The first kappa shape index (κ1) is 13.3. The number of hydrogen-bond donors (Lipinski definition) is 1. The number of halogens is 1. The number of carbonyl (C=O) groups excluding carboxylic acids is 3. The quantitative estimate of drug-likeness (QED) is 0.280. The molecule has 0 bridgehead atoms. The summed E-state index contributed by atoms with van der Waals surface area (Å²) in [6, 6.07) is 2.60. The molecule has 0 aliphatic rings. The fraction of sp³-hybridized carbons (Fsp3) is 0.200. The van der Waals surface area contributed by atoms with Crippen LogP contribution in [-0.2, 0) is 9.59 Å². The number of hydrazine groups is 1. The molecule has 0 spiro atoms. The molecule has 0 aromatic carbocycles. The molecule has 1 aromatic heterocycles. The maximum atomic E-state index is 11.7. The summed E-state index contributed by atoms with van der Waals surface area (Å²) in [7, 11) is 0. The van der Waals surface area contributed by atoms with E-state index in [-0.39, 0.29) is 22.1 Å². The summed E-state index contributed by atoms with van der Waals surface area (Å²) in [5.41, 5.74) is 0.0877. The van der Waals surface area contributed by atoms with E-state index in [4.69, 9.17) is 17.4 Å². The van der Waals surface area contributed by atoms with Crippen molar-refractivity contribution in [1.29, 1.82) is 0 Å². The summed E-state index contributed by atoms with van der Waals surface area (Å²) >= 11 is 5.59. The standard InChI is InChI=1S/C10H10ClN3O3/c1-2-7(15)10(17)14(12)9(16)6-3-4-13-8(11)5-6/h3-5H,2,12H2,1H3. The van der Waals surface area contributed by atoms with Crippen LogP contribution in [0.1, 0.15) is 23.7 Å². The SMILES string of the molecule is CCC(=O)C(=O)N(N)C(=O)c1ccnc(Cl)c1. The van der Waals surface area contributed by atoms with Gasteiger partial charge < -0.3 is 0 Å². The van der Waals surface area contributed by atoms with Gasteiger partial charge in [0.1, 0.15) is 5.15 Å². The molecule has 17 heavy (non-hydrogen) atoms. The van der Waals surface area contributed by atoms with Gasteiger partial charge in [-0.15, -0.1) is 0 Å². The molecule has 0 radical (unpaired) electrons. The van der Waals surface area contributed by atoms with Gasteiger partial charge in [-0.1, -0.05) is 18.5 Å². The van der Waals surface area contributed by atoms with Crippen LogP contribution in [0.5, 0.6) is 0 Å². The van der Waals surface area contributed by atoms with Crippen molar-refractivity contribution in [1.82, 2.24) is 9.99 Å². The monoisotopic (exact) mass is 255 g/mol. The molecule has 0 aliphatic carbocycles. The second kappa shape index (κ2) is 5.51. The number of rotatable bonds is 3. The molecule has 6 nitrogen and oxygen atoms in total. The number of Topliss-reactive ketones (excluding diaryl/α,β-unsaturated/α-hetero) is 1. The normalized spacial score (nSPS) is 9.82. The van der Waals surface area contributed by atoms with Gasteiger partial charge in [0.05, 0.1) is 0 Å². The summed E-state index contributed by atoms with van der Waals surface area (Å²) in [5.74, 6) is 2.68. The first-order valence-electron chi connectivity index (χ1n) is 4.75. The summed E-state index contributed by atoms with van der Waals surface area (Å²) < 4.78 is 0. The predicted octanol–water partition coefficient (Wildman–Crippen LogP) is 0.557. The van der Waals surface area contributed by atoms with Gasteiger partial charge in [-0.3, -0.25) is 14.4 Å². The number of imide groups is 1. The number of carbonyl (C=O) groups is 3. The minimum atomic E-state index is -1.05. The minimum absolute atomic E-state index is 0.0169. The van der Waals surface area contributed by atoms with E-state index >= 15 is 0 Å². The van der Waals surface area contributed by atoms with Gasteiger partial charge in [0.15, 0.2) is 0 Å². The average Bonchev–Trinajstić information content (AvgIpc) is 2.35. The van der Waals surface area contributed by atoms with Crippen molar-refractivity contribution in [3.63, 3.8) is 0 Å². The van der Waals surface area contributed by atoms with E-state index in [1.807, 2.05) is 0 Å². The van der Waals surface area contributed by atoms with Gasteiger partial charge in [-0.2, -0.15) is 0 Å². The molecule has 1 heterocycles. The molecule has 2 N–H and O–H groups in total. The summed E-state index contributed by atoms with van der Waals surface area (Å²) in [6.07, 6.45) is 1.28. The Kier molecular flexibility index (Phi) is 4.30. The molecule has 0 aliphatic heterocycles. The van der Waals surface area contributed by atoms with E-state index in [2.05, 4.69) is 4.98 Å². The Labute approximate surface area is 102 Å². The van der Waals surface area contributed by atoms with Crippen molar-refractivity contribution >= 4 is 29.2 Å². The maximum Gasteiger partial charge on any atom is 0.311 e. The highest BCUT2D eigenvalue weighted by molar-refractivity contribution is 6.39. The molecule has 0 saturated carbocycles. The van der Waals surface area contributed by atoms with Gasteiger partial charge in [-0.05, 0) is 12.1 Å². The topological polar surface area (TPSA) is 93.4 Å². The zero-order valence-corrected chi connectivity index (χ0v) is 9.77. The lowest BCUT2D eigenvalue weighted by molar-refractivity contribution is -0.142. The van der Waals surface area contributed by atoms with Crippen molar-refractivity contribution < 1.29 is 14.4 Å². The zero-order chi connectivity index (χ0) is 13.0. The Hall–Kier alpha value is -1.79. The Bertz CT molecular complexity index is 476. The fourth-order valence-corrected chi connectivity index (χ4v) is 1.23. The predicted molar refractivity (Wildman–Crippen MR) is 59.9 cm³/mol. The minimum Gasteiger partial charge on any atom is -0.289 e. The number of aromatic nitrogens is 1. The van der Waals surface area contributed by atoms with Crippen LogP contribution in [-0.4, -0.2) is 27.6 Å². The van der Waals surface area contributed by atoms with Gasteiger partial charge in [0, 0.05) is 18.2 Å². The van der Waals surface area contributed by atoms with Crippen LogP contribution < -0.4 is 5.84 Å². The molecule has 1 rings (SSSR count). The number of nitrogens with zero attached hydrogens (tertiary/aromatic N) is 2. The molecule has 90 valence electrons. The second-order valence-electron chi connectivity index (χ2n) is 3.12. The molecule has 0 fully saturated rings. The Morgan fingerprint density at radius 2 is 2.12 bits per heavy atom. The summed E-state index contributed by atoms with van der Waals surface area (Å²) in [6.45, 7) is 1.50. The zero-order valence-electron chi connectivity index (χ0n) is 9.01. The van der Waals surface area contributed by atoms with E-state index in [0.717, 1.165) is 0 Å². The molecular weight excluding hydrogens is 246 g/mol. The highest BCUT2D eigenvalue weighted by Crippen LogP contribution is 2.08. The van der Waals surface area contributed by atoms with E-state index in [9.17, 15) is 14.4 Å². The van der Waals surface area contributed by atoms with Crippen LogP contribution >= 0.6 is 11.6 Å². The molecule has 0 unspecified atom stereocenters. The Morgan fingerprint density at radius 3 is 2.65 bits per heavy atom. The summed E-state index contributed by atoms with van der Waals surface area (Å²) in [5, 5.41) is 0.371. The molecule has 1 aromatic rings. The first-order valence-corrected chi connectivity index (χ1v) is 5.13. The fourth-order valence-electron chi connectivity index (χ4n) is 1.05. The lowest BCUT2D eigenvalue weighted by atomic mass is 10.2. The lowest BCUT2D eigenvalue weighted by Crippen LogP contribution is -2.46. The maximum absolute atomic E-state index is 11.7. The van der Waals surface area contributed by atoms with Crippen LogP contribution in [0, 0.1) is 0 Å². The molecule has 2 amide bonds. The highest BCUT2D eigenvalue weighted by atomic mass is 35.5. The third-order valence-corrected chi connectivity index (χ3v) is 2.18. The number of nitrogens with two attached hydrogens (primary N) is 1. The number of ketones is 1. The molecule has 0 atom stereocenters. The van der Waals surface area contributed by atoms with Gasteiger partial charge in [0.25, 0.3) is 5.91 Å². The van der Waals surface area contributed by atoms with Gasteiger partial charge >= 0.3 is 5.91 Å². The molecular formula is C10H10ClN3O3. The highest BCUT2D eigenvalue weighted by Gasteiger charge is 2.24. The van der Waals surface area contributed by atoms with Crippen molar-refractivity contribution in [2.45, 2.75) is 13.3 Å². The Balaban J connectivity index is 2.91. The molecule has 7 heteroatoms. The Morgan fingerprint density at radius 1 is 1.47 bits per heavy atom. The van der Waals surface area contributed by atoms with Gasteiger partial charge in [-0.25, -0.2) is 15.8 Å². The lowest BCUT2D eigenvalue weighted by Gasteiger charge is -2.13. The van der Waals surface area contributed by atoms with Crippen molar-refractivity contribution in [2.75, 3.05) is 0 Å². The molecule has 0 saturated heterocycles. The van der Waals surface area contributed by atoms with Crippen molar-refractivity contribution in [3.8, 4) is 0 Å². The van der Waals surface area contributed by atoms with Crippen LogP contribution in [0.2, 0.25) is 5.15 Å². The average molecular weight is 256 g/mol. The third-order valence-electron chi connectivity index (χ3n) is 1.97. The summed E-state index contributed by atoms with van der Waals surface area (Å²) in [4.78, 5) is 37.8. The van der Waals surface area contributed by atoms with Crippen molar-refractivity contribution in [2.24, 2.45) is 5.84 Å². The van der Waals surface area contributed by atoms with Crippen LogP contribution in [0.4, 0.5) is 0 Å². The van der Waals surface area contributed by atoms with Crippen molar-refractivity contribution in [3.05, 3.63) is 29.0 Å². The van der Waals surface area contributed by atoms with E-state index in [0.29, 0.717) is 0 Å². The van der Waals surface area contributed by atoms with E-state index in [1.54, 1.807) is 0 Å². The third kappa shape index (κ3) is 3.08. The second-order valence-corrected chi connectivity index (χ2v) is 3.51. The van der Waals surface area contributed by atoms with E-state index in [1.165, 1.54) is 25.3 Å². The largest absolute Gasteiger partial charge is 0.311 e. The van der Waals surface area contributed by atoms with Crippen LogP contribution in [0.25, 0.3) is 0 Å². The number of hydrogen-bond acceptors (Lipinski definition) is 5. The van der Waals surface area contributed by atoms with Crippen LogP contribution in [0.3, 0.4) is 0 Å². The smallest absolute Gasteiger partial charge is 0.289 e. The van der Waals surface area contributed by atoms with E-state index < -0.39 is 17.6 Å². The van der Waals surface area contributed by atoms with Gasteiger partial charge in [0.2, 0.25) is 5.78 Å².